The molecule has 0 saturated carbocycles. The Morgan fingerprint density at radius 3 is 2.71 bits per heavy atom. The summed E-state index contributed by atoms with van der Waals surface area (Å²) in [5.41, 5.74) is -0.231. The van der Waals surface area contributed by atoms with Crippen LogP contribution < -0.4 is 9.46 Å². The van der Waals surface area contributed by atoms with E-state index in [9.17, 15) is 18.5 Å². The monoisotopic (exact) mass is 436 g/mol. The highest BCUT2D eigenvalue weighted by Crippen LogP contribution is 2.30. The van der Waals surface area contributed by atoms with Gasteiger partial charge in [0.2, 0.25) is 5.13 Å². The van der Waals surface area contributed by atoms with E-state index in [1.54, 1.807) is 0 Å². The first-order valence-corrected chi connectivity index (χ1v) is 9.98. The quantitative estimate of drug-likeness (QED) is 0.598. The number of anilines is 1. The first-order valence-electron chi connectivity index (χ1n) is 7.34. The number of sulfonamides is 1. The Morgan fingerprint density at radius 1 is 1.29 bits per heavy atom. The molecule has 2 N–H and O–H groups in total. The van der Waals surface area contributed by atoms with E-state index in [4.69, 9.17) is 21.4 Å². The number of aromatic carboxylic acids is 1. The van der Waals surface area contributed by atoms with Crippen molar-refractivity contribution in [2.75, 3.05) is 4.72 Å². The molecule has 0 atom stereocenters. The van der Waals surface area contributed by atoms with Gasteiger partial charge in [0.05, 0.1) is 21.0 Å². The number of carboxylic acids is 1. The van der Waals surface area contributed by atoms with Crippen LogP contribution in [0.3, 0.4) is 0 Å². The Kier molecular flexibility index (Phi) is 5.46. The number of nitrogens with zero attached hydrogens (tertiary/aromatic N) is 3. The van der Waals surface area contributed by atoms with Gasteiger partial charge in [0.25, 0.3) is 10.0 Å². The highest BCUT2D eigenvalue weighted by atomic mass is 35.5. The van der Waals surface area contributed by atoms with Crippen LogP contribution in [-0.2, 0) is 10.0 Å². The summed E-state index contributed by atoms with van der Waals surface area (Å²) in [6, 6.07) is 9.49. The zero-order chi connectivity index (χ0) is 20.3. The van der Waals surface area contributed by atoms with E-state index in [0.29, 0.717) is 0 Å². The first-order chi connectivity index (χ1) is 13.3. The van der Waals surface area contributed by atoms with Gasteiger partial charge in [-0.05, 0) is 36.4 Å². The summed E-state index contributed by atoms with van der Waals surface area (Å²) in [5.74, 6) is -1.06. The minimum absolute atomic E-state index is 0.0320. The molecule has 1 heterocycles. The second-order valence-corrected chi connectivity index (χ2v) is 8.04. The van der Waals surface area contributed by atoms with Crippen molar-refractivity contribution >= 4 is 44.3 Å². The number of nitriles is 1. The number of carboxylic acid groups (broad SMARTS) is 1. The molecular formula is C16H9ClN4O5S2. The number of hydrogen-bond donors (Lipinski definition) is 2. The molecule has 0 unspecified atom stereocenters. The molecule has 0 amide bonds. The molecule has 28 heavy (non-hydrogen) atoms. The molecule has 0 spiro atoms. The van der Waals surface area contributed by atoms with Crippen molar-refractivity contribution in [1.82, 2.24) is 9.36 Å². The molecule has 0 fully saturated rings. The molecule has 3 rings (SSSR count). The molecule has 9 nitrogen and oxygen atoms in total. The van der Waals surface area contributed by atoms with Gasteiger partial charge in [-0.2, -0.15) is 9.64 Å². The van der Waals surface area contributed by atoms with Crippen LogP contribution in [0.25, 0.3) is 0 Å². The van der Waals surface area contributed by atoms with Crippen LogP contribution in [0.15, 0.2) is 47.6 Å². The van der Waals surface area contributed by atoms with Gasteiger partial charge in [-0.15, -0.1) is 0 Å². The zero-order valence-electron chi connectivity index (χ0n) is 13.7. The number of nitrogens with one attached hydrogen (secondary N) is 1. The van der Waals surface area contributed by atoms with E-state index in [1.807, 2.05) is 6.07 Å². The first kappa shape index (κ1) is 19.6. The summed E-state index contributed by atoms with van der Waals surface area (Å²) < 4.78 is 36.3. The van der Waals surface area contributed by atoms with Gasteiger partial charge >= 0.3 is 5.97 Å². The summed E-state index contributed by atoms with van der Waals surface area (Å²) in [6.45, 7) is 0. The molecule has 1 aromatic heterocycles. The number of halogens is 1. The fourth-order valence-corrected chi connectivity index (χ4v) is 3.99. The largest absolute Gasteiger partial charge is 0.478 e. The molecule has 0 bridgehead atoms. The van der Waals surface area contributed by atoms with Crippen LogP contribution in [0.2, 0.25) is 5.02 Å². The highest BCUT2D eigenvalue weighted by Gasteiger charge is 2.19. The minimum atomic E-state index is -3.97. The number of benzene rings is 2. The summed E-state index contributed by atoms with van der Waals surface area (Å²) in [4.78, 5) is 14.7. The van der Waals surface area contributed by atoms with Gasteiger partial charge in [-0.3, -0.25) is 4.72 Å². The van der Waals surface area contributed by atoms with Crippen LogP contribution in [0.4, 0.5) is 5.13 Å². The third kappa shape index (κ3) is 4.20. The van der Waals surface area contributed by atoms with Crippen LogP contribution >= 0.6 is 23.1 Å². The Hall–Kier alpha value is -3.20. The summed E-state index contributed by atoms with van der Waals surface area (Å²) in [7, 11) is -3.97. The van der Waals surface area contributed by atoms with E-state index in [1.165, 1.54) is 36.7 Å². The van der Waals surface area contributed by atoms with Crippen molar-refractivity contribution in [2.45, 2.75) is 4.90 Å². The maximum Gasteiger partial charge on any atom is 0.337 e. The van der Waals surface area contributed by atoms with Gasteiger partial charge < -0.3 is 9.84 Å². The van der Waals surface area contributed by atoms with Gasteiger partial charge in [-0.1, -0.05) is 11.6 Å². The Balaban J connectivity index is 1.91. The smallest absolute Gasteiger partial charge is 0.337 e. The molecule has 142 valence electrons. The lowest BCUT2D eigenvalue weighted by molar-refractivity contribution is 0.0696. The summed E-state index contributed by atoms with van der Waals surface area (Å²) in [6.07, 6.45) is 1.21. The lowest BCUT2D eigenvalue weighted by Gasteiger charge is -2.11. The van der Waals surface area contributed by atoms with Gasteiger partial charge in [0.1, 0.15) is 23.9 Å². The fraction of sp³-hybridized carbons (Fsp3) is 0. The second kappa shape index (κ2) is 7.81. The highest BCUT2D eigenvalue weighted by molar-refractivity contribution is 7.93. The summed E-state index contributed by atoms with van der Waals surface area (Å²) >= 11 is 6.68. The van der Waals surface area contributed by atoms with Gasteiger partial charge in [0, 0.05) is 11.5 Å². The number of hydrogen-bond acceptors (Lipinski definition) is 8. The molecule has 12 heteroatoms. The molecule has 0 aliphatic heterocycles. The average molecular weight is 437 g/mol. The number of carbonyl (C=O) groups is 1. The van der Waals surface area contributed by atoms with Crippen molar-refractivity contribution in [3.8, 4) is 17.6 Å². The normalized spacial score (nSPS) is 10.9. The lowest BCUT2D eigenvalue weighted by atomic mass is 10.2. The van der Waals surface area contributed by atoms with Crippen molar-refractivity contribution in [3.05, 3.63) is 58.9 Å². The van der Waals surface area contributed by atoms with E-state index in [0.717, 1.165) is 17.6 Å². The van der Waals surface area contributed by atoms with Gasteiger partial charge in [-0.25, -0.2) is 18.2 Å². The lowest BCUT2D eigenvalue weighted by Crippen LogP contribution is -2.13. The van der Waals surface area contributed by atoms with E-state index in [2.05, 4.69) is 14.1 Å². The minimum Gasteiger partial charge on any atom is -0.478 e. The Labute approximate surface area is 168 Å². The van der Waals surface area contributed by atoms with E-state index >= 15 is 0 Å². The average Bonchev–Trinajstić information content (AvgIpc) is 3.15. The number of ether oxygens (including phenoxy) is 1. The molecule has 0 aliphatic rings. The number of rotatable bonds is 6. The van der Waals surface area contributed by atoms with Crippen LogP contribution in [-0.4, -0.2) is 28.9 Å². The maximum atomic E-state index is 12.4. The second-order valence-electron chi connectivity index (χ2n) is 5.17. The van der Waals surface area contributed by atoms with Crippen molar-refractivity contribution in [3.63, 3.8) is 0 Å². The number of aromatic nitrogens is 2. The van der Waals surface area contributed by atoms with Gasteiger partial charge in [0.15, 0.2) is 0 Å². The van der Waals surface area contributed by atoms with Crippen molar-refractivity contribution in [1.29, 1.82) is 5.26 Å². The van der Waals surface area contributed by atoms with Crippen molar-refractivity contribution in [2.24, 2.45) is 0 Å². The SMILES string of the molecule is N#Cc1cc(S(=O)(=O)Nc2ncns2)ccc1Oc1ccc(Cl)c(C(=O)O)c1. The van der Waals surface area contributed by atoms with Crippen LogP contribution in [0.5, 0.6) is 11.5 Å². The van der Waals surface area contributed by atoms with E-state index in [-0.39, 0.29) is 37.7 Å². The summed E-state index contributed by atoms with van der Waals surface area (Å²) in [5, 5.41) is 18.6. The molecule has 0 aliphatic carbocycles. The Morgan fingerprint density at radius 2 is 2.07 bits per heavy atom. The molecule has 0 radical (unpaired) electrons. The maximum absolute atomic E-state index is 12.4. The predicted octanol–water partition coefficient (Wildman–Crippen LogP) is 3.35. The Bertz CT molecular complexity index is 1190. The molecule has 0 saturated heterocycles. The van der Waals surface area contributed by atoms with Crippen LogP contribution in [0.1, 0.15) is 15.9 Å². The zero-order valence-corrected chi connectivity index (χ0v) is 16.0. The van der Waals surface area contributed by atoms with E-state index < -0.39 is 16.0 Å². The van der Waals surface area contributed by atoms with Crippen molar-refractivity contribution < 1.29 is 23.1 Å². The fourth-order valence-electron chi connectivity index (χ4n) is 2.10. The molecular weight excluding hydrogens is 428 g/mol. The predicted molar refractivity (Wildman–Crippen MR) is 100 cm³/mol. The molecule has 3 aromatic rings. The standard InChI is InChI=1S/C16H9ClN4O5S2/c17-13-3-1-10(6-12(13)15(22)23)26-14-4-2-11(5-9(14)7-18)28(24,25)21-16-19-8-20-27-16/h1-6,8H,(H,22,23)(H,19,20,21). The third-order valence-electron chi connectivity index (χ3n) is 3.36. The van der Waals surface area contributed by atoms with Crippen LogP contribution in [0, 0.1) is 11.3 Å². The molecule has 2 aromatic carbocycles. The topological polar surface area (TPSA) is 142 Å². The third-order valence-corrected chi connectivity index (χ3v) is 5.74.